The Morgan fingerprint density at radius 3 is 3.06 bits per heavy atom. The normalized spacial score (nSPS) is 10.0. The topological polar surface area (TPSA) is 49.8 Å². The van der Waals surface area contributed by atoms with E-state index in [0.717, 1.165) is 5.76 Å². The monoisotopic (exact) mass is 250 g/mol. The van der Waals surface area contributed by atoms with Crippen molar-refractivity contribution in [1.29, 1.82) is 5.26 Å². The van der Waals surface area contributed by atoms with Crippen molar-refractivity contribution in [2.24, 2.45) is 0 Å². The second-order valence-electron chi connectivity index (χ2n) is 2.96. The van der Waals surface area contributed by atoms with Crippen LogP contribution in [0.25, 0.3) is 0 Å². The van der Waals surface area contributed by atoms with Crippen molar-refractivity contribution >= 4 is 23.4 Å². The summed E-state index contributed by atoms with van der Waals surface area (Å²) < 4.78 is 5.19. The SMILES string of the molecule is N#Cc1ccnc(SCc2ccco2)c1Cl. The predicted octanol–water partition coefficient (Wildman–Crippen LogP) is 3.49. The lowest BCUT2D eigenvalue weighted by Gasteiger charge is -2.02. The molecule has 0 saturated carbocycles. The van der Waals surface area contributed by atoms with Crippen molar-refractivity contribution in [1.82, 2.24) is 4.98 Å². The molecule has 2 aromatic rings. The van der Waals surface area contributed by atoms with Crippen molar-refractivity contribution in [2.45, 2.75) is 10.8 Å². The smallest absolute Gasteiger partial charge is 0.116 e. The van der Waals surface area contributed by atoms with Gasteiger partial charge in [-0.15, -0.1) is 0 Å². The van der Waals surface area contributed by atoms with E-state index in [1.54, 1.807) is 18.5 Å². The Labute approximate surface area is 102 Å². The average molecular weight is 251 g/mol. The Morgan fingerprint density at radius 1 is 1.50 bits per heavy atom. The third-order valence-electron chi connectivity index (χ3n) is 1.91. The number of hydrogen-bond acceptors (Lipinski definition) is 4. The van der Waals surface area contributed by atoms with E-state index in [4.69, 9.17) is 21.3 Å². The molecule has 2 rings (SSSR count). The van der Waals surface area contributed by atoms with Crippen LogP contribution in [0.5, 0.6) is 0 Å². The number of halogens is 1. The van der Waals surface area contributed by atoms with Crippen molar-refractivity contribution in [2.75, 3.05) is 0 Å². The van der Waals surface area contributed by atoms with E-state index in [2.05, 4.69) is 4.98 Å². The molecule has 16 heavy (non-hydrogen) atoms. The van der Waals surface area contributed by atoms with E-state index in [9.17, 15) is 0 Å². The second kappa shape index (κ2) is 5.06. The molecule has 0 aromatic carbocycles. The van der Waals surface area contributed by atoms with Gasteiger partial charge in [0.15, 0.2) is 0 Å². The average Bonchev–Trinajstić information content (AvgIpc) is 2.81. The van der Waals surface area contributed by atoms with Gasteiger partial charge in [-0.25, -0.2) is 4.98 Å². The van der Waals surface area contributed by atoms with Gasteiger partial charge in [-0.05, 0) is 18.2 Å². The fourth-order valence-corrected chi connectivity index (χ4v) is 2.28. The molecule has 0 aliphatic carbocycles. The van der Waals surface area contributed by atoms with Crippen molar-refractivity contribution in [3.05, 3.63) is 47.0 Å². The van der Waals surface area contributed by atoms with Gasteiger partial charge >= 0.3 is 0 Å². The van der Waals surface area contributed by atoms with Gasteiger partial charge < -0.3 is 4.42 Å². The molecular formula is C11H7ClN2OS. The van der Waals surface area contributed by atoms with Gasteiger partial charge in [0.05, 0.1) is 22.6 Å². The van der Waals surface area contributed by atoms with Gasteiger partial charge in [0, 0.05) is 6.20 Å². The van der Waals surface area contributed by atoms with Gasteiger partial charge in [0.2, 0.25) is 0 Å². The van der Waals surface area contributed by atoms with Crippen molar-refractivity contribution in [3.8, 4) is 6.07 Å². The quantitative estimate of drug-likeness (QED) is 0.783. The number of nitrogens with zero attached hydrogens (tertiary/aromatic N) is 2. The second-order valence-corrected chi connectivity index (χ2v) is 4.30. The fourth-order valence-electron chi connectivity index (χ4n) is 1.15. The molecule has 0 unspecified atom stereocenters. The summed E-state index contributed by atoms with van der Waals surface area (Å²) in [6, 6.07) is 7.33. The Hall–Kier alpha value is -1.44. The van der Waals surface area contributed by atoms with E-state index in [1.165, 1.54) is 11.8 Å². The molecule has 80 valence electrons. The molecule has 0 amide bonds. The highest BCUT2D eigenvalue weighted by atomic mass is 35.5. The minimum Gasteiger partial charge on any atom is -0.468 e. The summed E-state index contributed by atoms with van der Waals surface area (Å²) in [5.74, 6) is 1.50. The molecule has 3 nitrogen and oxygen atoms in total. The molecule has 2 heterocycles. The first-order valence-electron chi connectivity index (χ1n) is 4.51. The maximum absolute atomic E-state index is 8.81. The number of aromatic nitrogens is 1. The molecule has 0 radical (unpaired) electrons. The Morgan fingerprint density at radius 2 is 2.38 bits per heavy atom. The zero-order chi connectivity index (χ0) is 11.4. The van der Waals surface area contributed by atoms with Crippen LogP contribution in [0.15, 0.2) is 40.1 Å². The zero-order valence-corrected chi connectivity index (χ0v) is 9.76. The van der Waals surface area contributed by atoms with Crippen LogP contribution in [-0.2, 0) is 5.75 Å². The summed E-state index contributed by atoms with van der Waals surface area (Å²) in [7, 11) is 0. The lowest BCUT2D eigenvalue weighted by atomic mass is 10.3. The summed E-state index contributed by atoms with van der Waals surface area (Å²) in [6.07, 6.45) is 3.20. The number of furan rings is 1. The first-order chi connectivity index (χ1) is 7.81. The molecule has 0 saturated heterocycles. The summed E-state index contributed by atoms with van der Waals surface area (Å²) in [4.78, 5) is 4.12. The van der Waals surface area contributed by atoms with Crippen LogP contribution < -0.4 is 0 Å². The highest BCUT2D eigenvalue weighted by molar-refractivity contribution is 7.98. The molecule has 0 bridgehead atoms. The van der Waals surface area contributed by atoms with E-state index in [-0.39, 0.29) is 0 Å². The van der Waals surface area contributed by atoms with Crippen LogP contribution in [-0.4, -0.2) is 4.98 Å². The minimum absolute atomic E-state index is 0.404. The highest BCUT2D eigenvalue weighted by Crippen LogP contribution is 2.29. The lowest BCUT2D eigenvalue weighted by Crippen LogP contribution is -1.86. The minimum atomic E-state index is 0.404. The molecule has 0 aliphatic rings. The number of hydrogen-bond donors (Lipinski definition) is 0. The van der Waals surface area contributed by atoms with Gasteiger partial charge in [0.1, 0.15) is 16.9 Å². The third-order valence-corrected chi connectivity index (χ3v) is 3.42. The summed E-state index contributed by atoms with van der Waals surface area (Å²) in [5.41, 5.74) is 0.443. The fraction of sp³-hybridized carbons (Fsp3) is 0.0909. The molecular weight excluding hydrogens is 244 g/mol. The first-order valence-corrected chi connectivity index (χ1v) is 5.87. The number of pyridine rings is 1. The zero-order valence-electron chi connectivity index (χ0n) is 8.18. The van der Waals surface area contributed by atoms with Crippen LogP contribution >= 0.6 is 23.4 Å². The lowest BCUT2D eigenvalue weighted by molar-refractivity contribution is 0.530. The summed E-state index contributed by atoms with van der Waals surface area (Å²) >= 11 is 7.46. The van der Waals surface area contributed by atoms with E-state index < -0.39 is 0 Å². The number of rotatable bonds is 3. The van der Waals surface area contributed by atoms with Gasteiger partial charge in [0.25, 0.3) is 0 Å². The maximum Gasteiger partial charge on any atom is 0.116 e. The Bertz CT molecular complexity index is 519. The molecule has 0 atom stereocenters. The number of nitriles is 1. The van der Waals surface area contributed by atoms with Gasteiger partial charge in [-0.3, -0.25) is 0 Å². The van der Waals surface area contributed by atoms with Crippen LogP contribution in [0.2, 0.25) is 5.02 Å². The van der Waals surface area contributed by atoms with Crippen LogP contribution in [0.1, 0.15) is 11.3 Å². The highest BCUT2D eigenvalue weighted by Gasteiger charge is 2.08. The van der Waals surface area contributed by atoms with Gasteiger partial charge in [-0.1, -0.05) is 23.4 Å². The van der Waals surface area contributed by atoms with Crippen LogP contribution in [0, 0.1) is 11.3 Å². The van der Waals surface area contributed by atoms with Crippen LogP contribution in [0.3, 0.4) is 0 Å². The number of thioether (sulfide) groups is 1. The van der Waals surface area contributed by atoms with Gasteiger partial charge in [-0.2, -0.15) is 5.26 Å². The van der Waals surface area contributed by atoms with Crippen LogP contribution in [0.4, 0.5) is 0 Å². The Kier molecular flexibility index (Phi) is 3.50. The van der Waals surface area contributed by atoms with Crippen molar-refractivity contribution in [3.63, 3.8) is 0 Å². The summed E-state index contributed by atoms with van der Waals surface area (Å²) in [6.45, 7) is 0. The molecule has 0 spiro atoms. The molecule has 2 aromatic heterocycles. The molecule has 5 heteroatoms. The largest absolute Gasteiger partial charge is 0.468 e. The molecule has 0 fully saturated rings. The summed E-state index contributed by atoms with van der Waals surface area (Å²) in [5, 5.41) is 9.86. The molecule has 0 aliphatic heterocycles. The third kappa shape index (κ3) is 2.38. The predicted molar refractivity (Wildman–Crippen MR) is 62.2 cm³/mol. The molecule has 0 N–H and O–H groups in total. The Balaban J connectivity index is 2.13. The van der Waals surface area contributed by atoms with E-state index >= 15 is 0 Å². The maximum atomic E-state index is 8.81. The first kappa shape index (κ1) is 11.1. The van der Waals surface area contributed by atoms with E-state index in [1.807, 2.05) is 18.2 Å². The van der Waals surface area contributed by atoms with Crippen molar-refractivity contribution < 1.29 is 4.42 Å². The standard InChI is InChI=1S/C11H7ClN2OS/c12-10-8(6-13)3-4-14-11(10)16-7-9-2-1-5-15-9/h1-5H,7H2. The van der Waals surface area contributed by atoms with E-state index in [0.29, 0.717) is 21.4 Å².